The highest BCUT2D eigenvalue weighted by Crippen LogP contribution is 2.31. The molecule has 32 heavy (non-hydrogen) atoms. The van der Waals surface area contributed by atoms with Gasteiger partial charge in [0.15, 0.2) is 17.6 Å². The molecule has 0 saturated heterocycles. The van der Waals surface area contributed by atoms with Gasteiger partial charge in [0.2, 0.25) is 5.91 Å². The third-order valence-corrected chi connectivity index (χ3v) is 6.21. The van der Waals surface area contributed by atoms with Crippen LogP contribution in [0.5, 0.6) is 11.5 Å². The van der Waals surface area contributed by atoms with Crippen LogP contribution in [0.25, 0.3) is 0 Å². The van der Waals surface area contributed by atoms with E-state index in [0.717, 1.165) is 37.0 Å². The van der Waals surface area contributed by atoms with Crippen LogP contribution in [-0.2, 0) is 16.2 Å². The van der Waals surface area contributed by atoms with Crippen molar-refractivity contribution in [2.45, 2.75) is 44.8 Å². The van der Waals surface area contributed by atoms with E-state index < -0.39 is 0 Å². The smallest absolute Gasteiger partial charge is 0.226 e. The van der Waals surface area contributed by atoms with Crippen molar-refractivity contribution in [1.82, 2.24) is 4.90 Å². The third kappa shape index (κ3) is 4.87. The van der Waals surface area contributed by atoms with Gasteiger partial charge >= 0.3 is 0 Å². The number of oxime groups is 1. The maximum Gasteiger partial charge on any atom is 0.226 e. The lowest BCUT2D eigenvalue weighted by Gasteiger charge is -2.27. The van der Waals surface area contributed by atoms with Gasteiger partial charge in [0.25, 0.3) is 0 Å². The van der Waals surface area contributed by atoms with E-state index in [-0.39, 0.29) is 30.3 Å². The zero-order valence-electron chi connectivity index (χ0n) is 18.6. The Labute approximate surface area is 187 Å². The number of hydrogen-bond donors (Lipinski definition) is 0. The Hall–Kier alpha value is -3.09. The quantitative estimate of drug-likeness (QED) is 0.604. The summed E-state index contributed by atoms with van der Waals surface area (Å²) in [6.45, 7) is 0.595. The molecule has 7 heteroatoms. The van der Waals surface area contributed by atoms with Crippen LogP contribution in [0.3, 0.4) is 0 Å². The molecule has 0 N–H and O–H groups in total. The number of rotatable bonds is 8. The van der Waals surface area contributed by atoms with Crippen LogP contribution in [0.1, 0.15) is 43.2 Å². The van der Waals surface area contributed by atoms with Crippen molar-refractivity contribution in [3.8, 4) is 11.5 Å². The summed E-state index contributed by atoms with van der Waals surface area (Å²) >= 11 is 0. The second-order valence-corrected chi connectivity index (χ2v) is 8.33. The number of ether oxygens (including phenoxy) is 2. The minimum atomic E-state index is -0.300. The first-order chi connectivity index (χ1) is 15.6. The van der Waals surface area contributed by atoms with Crippen molar-refractivity contribution in [1.29, 1.82) is 0 Å². The first kappa shape index (κ1) is 22.1. The number of carbonyl (C=O) groups excluding carboxylic acids is 1. The van der Waals surface area contributed by atoms with E-state index in [4.69, 9.17) is 14.3 Å². The second-order valence-electron chi connectivity index (χ2n) is 8.33. The van der Waals surface area contributed by atoms with Gasteiger partial charge in [-0.05, 0) is 37.1 Å². The molecule has 1 saturated carbocycles. The topological polar surface area (TPSA) is 60.4 Å². The maximum atomic E-state index is 14.3. The molecule has 4 rings (SSSR count). The summed E-state index contributed by atoms with van der Waals surface area (Å²) in [5.41, 5.74) is 2.18. The molecule has 0 aromatic heterocycles. The summed E-state index contributed by atoms with van der Waals surface area (Å²) in [4.78, 5) is 20.7. The Morgan fingerprint density at radius 1 is 1.12 bits per heavy atom. The molecule has 1 atom stereocenters. The van der Waals surface area contributed by atoms with Crippen LogP contribution >= 0.6 is 0 Å². The first-order valence-electron chi connectivity index (χ1n) is 11.1. The number of benzene rings is 2. The van der Waals surface area contributed by atoms with E-state index in [1.54, 1.807) is 37.3 Å². The molecule has 1 aliphatic heterocycles. The summed E-state index contributed by atoms with van der Waals surface area (Å²) in [5.74, 6) is 1.05. The number of amides is 1. The lowest BCUT2D eigenvalue weighted by Crippen LogP contribution is -2.40. The van der Waals surface area contributed by atoms with Crippen molar-refractivity contribution < 1.29 is 23.5 Å². The van der Waals surface area contributed by atoms with Crippen molar-refractivity contribution >= 4 is 11.6 Å². The molecule has 0 bridgehead atoms. The molecule has 1 amide bonds. The SMILES string of the molecule is COc1ccc(C2=NO[C@H](CN(Cc3ccccc3F)C(=O)C3CCCC3)C2)cc1OC. The number of methoxy groups -OCH3 is 2. The van der Waals surface area contributed by atoms with Gasteiger partial charge in [-0.1, -0.05) is 36.2 Å². The fourth-order valence-electron chi connectivity index (χ4n) is 4.45. The van der Waals surface area contributed by atoms with Crippen LogP contribution in [-0.4, -0.2) is 43.4 Å². The monoisotopic (exact) mass is 440 g/mol. The normalized spacial score (nSPS) is 18.2. The minimum Gasteiger partial charge on any atom is -0.493 e. The van der Waals surface area contributed by atoms with Crippen molar-refractivity contribution in [3.63, 3.8) is 0 Å². The van der Waals surface area contributed by atoms with Crippen molar-refractivity contribution in [2.75, 3.05) is 20.8 Å². The molecule has 1 heterocycles. The van der Waals surface area contributed by atoms with E-state index >= 15 is 0 Å². The average molecular weight is 441 g/mol. The first-order valence-corrected chi connectivity index (χ1v) is 11.1. The standard InChI is InChI=1S/C25H29FN2O4/c1-30-23-12-11-18(13-24(23)31-2)22-14-20(32-27-22)16-28(25(29)17-7-3-4-8-17)15-19-9-5-6-10-21(19)26/h5-6,9-13,17,20H,3-4,7-8,14-16H2,1-2H3/t20-/m0/s1. The van der Waals surface area contributed by atoms with Crippen LogP contribution in [0.15, 0.2) is 47.6 Å². The predicted octanol–water partition coefficient (Wildman–Crippen LogP) is 4.55. The Balaban J connectivity index is 1.47. The van der Waals surface area contributed by atoms with Gasteiger partial charge in [0.05, 0.1) is 26.5 Å². The van der Waals surface area contributed by atoms with E-state index in [9.17, 15) is 9.18 Å². The molecule has 170 valence electrons. The van der Waals surface area contributed by atoms with Crippen LogP contribution in [0.2, 0.25) is 0 Å². The molecule has 2 aromatic rings. The zero-order valence-corrected chi connectivity index (χ0v) is 18.6. The van der Waals surface area contributed by atoms with Crippen molar-refractivity contribution in [3.05, 3.63) is 59.4 Å². The van der Waals surface area contributed by atoms with Crippen LogP contribution in [0.4, 0.5) is 4.39 Å². The summed E-state index contributed by atoms with van der Waals surface area (Å²) in [7, 11) is 3.18. The van der Waals surface area contributed by atoms with Gasteiger partial charge in [-0.15, -0.1) is 0 Å². The summed E-state index contributed by atoms with van der Waals surface area (Å²) in [6, 6.07) is 12.2. The minimum absolute atomic E-state index is 0.00872. The third-order valence-electron chi connectivity index (χ3n) is 6.21. The van der Waals surface area contributed by atoms with Gasteiger partial charge in [0.1, 0.15) is 5.82 Å². The molecule has 1 fully saturated rings. The average Bonchev–Trinajstić information content (AvgIpc) is 3.51. The summed E-state index contributed by atoms with van der Waals surface area (Å²) < 4.78 is 25.0. The lowest BCUT2D eigenvalue weighted by molar-refractivity contribution is -0.137. The fraction of sp³-hybridized carbons (Fsp3) is 0.440. The molecule has 2 aliphatic rings. The number of halogens is 1. The van der Waals surface area contributed by atoms with E-state index in [1.807, 2.05) is 18.2 Å². The van der Waals surface area contributed by atoms with Gasteiger partial charge in [0, 0.05) is 30.0 Å². The second kappa shape index (κ2) is 10.0. The zero-order chi connectivity index (χ0) is 22.5. The van der Waals surface area contributed by atoms with Crippen LogP contribution in [0, 0.1) is 11.7 Å². The molecule has 1 aliphatic carbocycles. The Morgan fingerprint density at radius 3 is 2.59 bits per heavy atom. The number of nitrogens with zero attached hydrogens (tertiary/aromatic N) is 2. The summed E-state index contributed by atoms with van der Waals surface area (Å²) in [5, 5.41) is 4.26. The van der Waals surface area contributed by atoms with Crippen molar-refractivity contribution in [2.24, 2.45) is 11.1 Å². The van der Waals surface area contributed by atoms with E-state index in [1.165, 1.54) is 6.07 Å². The fourth-order valence-corrected chi connectivity index (χ4v) is 4.45. The molecular weight excluding hydrogens is 411 g/mol. The van der Waals surface area contributed by atoms with E-state index in [0.29, 0.717) is 30.0 Å². The Kier molecular flexibility index (Phi) is 6.93. The van der Waals surface area contributed by atoms with E-state index in [2.05, 4.69) is 5.16 Å². The predicted molar refractivity (Wildman–Crippen MR) is 119 cm³/mol. The number of carbonyl (C=O) groups is 1. The molecule has 0 unspecified atom stereocenters. The van der Waals surface area contributed by atoms with Gasteiger partial charge < -0.3 is 19.2 Å². The Morgan fingerprint density at radius 2 is 1.88 bits per heavy atom. The van der Waals surface area contributed by atoms with Gasteiger partial charge in [-0.2, -0.15) is 0 Å². The number of hydrogen-bond acceptors (Lipinski definition) is 5. The van der Waals surface area contributed by atoms with Gasteiger partial charge in [-0.3, -0.25) is 4.79 Å². The van der Waals surface area contributed by atoms with Crippen LogP contribution < -0.4 is 9.47 Å². The molecule has 0 spiro atoms. The molecular formula is C25H29FN2O4. The summed E-state index contributed by atoms with van der Waals surface area (Å²) in [6.07, 6.45) is 4.20. The highest BCUT2D eigenvalue weighted by Gasteiger charge is 2.32. The molecule has 2 aromatic carbocycles. The molecule has 0 radical (unpaired) electrons. The highest BCUT2D eigenvalue weighted by atomic mass is 19.1. The molecule has 6 nitrogen and oxygen atoms in total. The Bertz CT molecular complexity index is 988. The maximum absolute atomic E-state index is 14.3. The van der Waals surface area contributed by atoms with Gasteiger partial charge in [-0.25, -0.2) is 4.39 Å². The largest absolute Gasteiger partial charge is 0.493 e. The highest BCUT2D eigenvalue weighted by molar-refractivity contribution is 6.01. The lowest BCUT2D eigenvalue weighted by atomic mass is 10.0.